The lowest BCUT2D eigenvalue weighted by Crippen LogP contribution is -2.25. The molecule has 0 fully saturated rings. The quantitative estimate of drug-likeness (QED) is 0.158. The number of fused-ring (bicyclic) bond motifs is 20. The lowest BCUT2D eigenvalue weighted by atomic mass is 9.70. The van der Waals surface area contributed by atoms with Crippen molar-refractivity contribution in [2.24, 2.45) is 0 Å². The first-order valence-corrected chi connectivity index (χ1v) is 29.3. The molecule has 2 heterocycles. The van der Waals surface area contributed by atoms with E-state index in [1.807, 2.05) is 36.4 Å². The van der Waals surface area contributed by atoms with Crippen molar-refractivity contribution >= 4 is 0 Å². The van der Waals surface area contributed by atoms with Crippen LogP contribution < -0.4 is 0 Å². The lowest BCUT2D eigenvalue weighted by Gasteiger charge is -2.30. The SMILES string of the molecule is c1ccc(-c2nc(-c3cccc(-c4ccc(-c5nc(-c6ccccc6)nc(-c6cccc7c6-c6ccccc6C76c7ccccc7-c7ccccc76)n5)cc4)c3)nc(-c3ccc4c(c3)C3(c5ccccc5-c5ccccc53)c3ccccc3-4)n2)cc1. The summed E-state index contributed by atoms with van der Waals surface area (Å²) < 4.78 is 0. The second-order valence-electron chi connectivity index (χ2n) is 22.8. The summed E-state index contributed by atoms with van der Waals surface area (Å²) in [6.45, 7) is 0. The Balaban J connectivity index is 0.737. The zero-order chi connectivity index (χ0) is 56.5. The molecule has 6 heteroatoms. The van der Waals surface area contributed by atoms with Crippen molar-refractivity contribution in [1.82, 2.24) is 29.9 Å². The second kappa shape index (κ2) is 18.6. The van der Waals surface area contributed by atoms with Gasteiger partial charge >= 0.3 is 0 Å². The summed E-state index contributed by atoms with van der Waals surface area (Å²) in [6.07, 6.45) is 0. The minimum absolute atomic E-state index is 0.493. The number of rotatable bonds is 7. The standard InChI is InChI=1S/C80H48N6/c1-3-21-50(22-4-1)73-82-76(84-77(83-73)55-45-46-61-60-31-11-17-38-68(60)80(71(61)48-55)66-36-15-9-29-58(66)59-30-10-16-37-67(59)80)54-26-19-25-53(47-54)49-41-43-52(44-42-49)75-81-74(51-23-5-2-6-24-51)85-78(86-75)63-33-20-40-70-72(63)62-32-12-18-39-69(62)79(70)64-34-13-7-27-56(64)57-28-8-14-35-65(57)79/h1-48H. The van der Waals surface area contributed by atoms with Gasteiger partial charge in [-0.05, 0) is 112 Å². The van der Waals surface area contributed by atoms with E-state index >= 15 is 0 Å². The molecule has 6 nitrogen and oxygen atoms in total. The van der Waals surface area contributed by atoms with Crippen molar-refractivity contribution in [3.63, 3.8) is 0 Å². The van der Waals surface area contributed by atoms with E-state index in [0.717, 1.165) is 50.1 Å². The third-order valence-electron chi connectivity index (χ3n) is 18.4. The van der Waals surface area contributed by atoms with Crippen LogP contribution in [0.5, 0.6) is 0 Å². The first-order valence-electron chi connectivity index (χ1n) is 29.3. The summed E-state index contributed by atoms with van der Waals surface area (Å²) >= 11 is 0. The van der Waals surface area contributed by atoms with Crippen LogP contribution in [-0.2, 0) is 10.8 Å². The largest absolute Gasteiger partial charge is 0.208 e. The minimum Gasteiger partial charge on any atom is -0.208 e. The predicted octanol–water partition coefficient (Wildman–Crippen LogP) is 18.4. The predicted molar refractivity (Wildman–Crippen MR) is 344 cm³/mol. The molecule has 0 radical (unpaired) electrons. The molecular formula is C80H48N6. The molecule has 0 amide bonds. The van der Waals surface area contributed by atoms with E-state index in [1.165, 1.54) is 83.5 Å². The second-order valence-corrected chi connectivity index (χ2v) is 22.8. The highest BCUT2D eigenvalue weighted by Gasteiger charge is 2.53. The van der Waals surface area contributed by atoms with Gasteiger partial charge < -0.3 is 0 Å². The number of benzene rings is 12. The van der Waals surface area contributed by atoms with E-state index in [4.69, 9.17) is 29.9 Å². The van der Waals surface area contributed by atoms with Crippen LogP contribution in [0.2, 0.25) is 0 Å². The number of aromatic nitrogens is 6. The Morgan fingerprint density at radius 1 is 0.163 bits per heavy atom. The number of hydrogen-bond donors (Lipinski definition) is 0. The molecule has 18 rings (SSSR count). The Kier molecular flexibility index (Phi) is 10.4. The first kappa shape index (κ1) is 48.2. The molecule has 86 heavy (non-hydrogen) atoms. The fraction of sp³-hybridized carbons (Fsp3) is 0.0250. The van der Waals surface area contributed by atoms with Gasteiger partial charge in [0.15, 0.2) is 34.9 Å². The lowest BCUT2D eigenvalue weighted by molar-refractivity contribution is 0.794. The average Bonchev–Trinajstić information content (AvgIpc) is 1.53. The highest BCUT2D eigenvalue weighted by atomic mass is 15.0. The fourth-order valence-electron chi connectivity index (χ4n) is 14.9. The van der Waals surface area contributed by atoms with Gasteiger partial charge in [0.1, 0.15) is 0 Å². The van der Waals surface area contributed by atoms with Gasteiger partial charge in [-0.2, -0.15) is 0 Å². The zero-order valence-electron chi connectivity index (χ0n) is 46.4. The van der Waals surface area contributed by atoms with Gasteiger partial charge in [-0.15, -0.1) is 0 Å². The molecule has 2 aromatic heterocycles. The van der Waals surface area contributed by atoms with Crippen LogP contribution in [0.15, 0.2) is 291 Å². The summed E-state index contributed by atoms with van der Waals surface area (Å²) in [5.74, 6) is 3.65. The molecule has 0 unspecified atom stereocenters. The normalized spacial score (nSPS) is 13.5. The Bertz CT molecular complexity index is 5020. The Hall–Kier alpha value is -11.3. The van der Waals surface area contributed by atoms with Gasteiger partial charge in [-0.3, -0.25) is 0 Å². The average molecular weight is 1090 g/mol. The number of hydrogen-bond acceptors (Lipinski definition) is 6. The van der Waals surface area contributed by atoms with Crippen molar-refractivity contribution in [3.05, 3.63) is 336 Å². The van der Waals surface area contributed by atoms with Gasteiger partial charge in [0.2, 0.25) is 0 Å². The van der Waals surface area contributed by atoms with Gasteiger partial charge in [-0.1, -0.05) is 279 Å². The molecule has 0 atom stereocenters. The Morgan fingerprint density at radius 3 is 0.942 bits per heavy atom. The third-order valence-corrected chi connectivity index (χ3v) is 18.4. The molecule has 2 spiro atoms. The van der Waals surface area contributed by atoms with Crippen LogP contribution in [0.4, 0.5) is 0 Å². The Labute approximate surface area is 497 Å². The molecule has 4 aliphatic carbocycles. The van der Waals surface area contributed by atoms with E-state index in [1.54, 1.807) is 0 Å². The minimum atomic E-state index is -0.497. The molecule has 0 saturated heterocycles. The molecule has 0 aliphatic heterocycles. The molecule has 4 aliphatic rings. The van der Waals surface area contributed by atoms with Gasteiger partial charge in [0.05, 0.1) is 10.8 Å². The van der Waals surface area contributed by atoms with Crippen molar-refractivity contribution in [3.8, 4) is 124 Å². The molecule has 398 valence electrons. The zero-order valence-corrected chi connectivity index (χ0v) is 46.4. The van der Waals surface area contributed by atoms with Crippen molar-refractivity contribution in [2.75, 3.05) is 0 Å². The van der Waals surface area contributed by atoms with Crippen molar-refractivity contribution in [1.29, 1.82) is 0 Å². The van der Waals surface area contributed by atoms with Crippen LogP contribution in [0.1, 0.15) is 44.5 Å². The number of nitrogens with zero attached hydrogens (tertiary/aromatic N) is 6. The van der Waals surface area contributed by atoms with Gasteiger partial charge in [0.25, 0.3) is 0 Å². The molecule has 14 aromatic rings. The van der Waals surface area contributed by atoms with Gasteiger partial charge in [0, 0.05) is 33.4 Å². The van der Waals surface area contributed by atoms with Crippen molar-refractivity contribution in [2.45, 2.75) is 10.8 Å². The topological polar surface area (TPSA) is 77.3 Å². The summed E-state index contributed by atoms with van der Waals surface area (Å²) in [5.41, 5.74) is 26.7. The Morgan fingerprint density at radius 2 is 0.453 bits per heavy atom. The summed E-state index contributed by atoms with van der Waals surface area (Å²) in [6, 6.07) is 104. The highest BCUT2D eigenvalue weighted by molar-refractivity contribution is 6.00. The van der Waals surface area contributed by atoms with Crippen LogP contribution >= 0.6 is 0 Å². The molecule has 12 aromatic carbocycles. The van der Waals surface area contributed by atoms with Crippen LogP contribution in [0.25, 0.3) is 124 Å². The summed E-state index contributed by atoms with van der Waals surface area (Å²) in [5, 5.41) is 0. The van der Waals surface area contributed by atoms with E-state index in [-0.39, 0.29) is 0 Å². The monoisotopic (exact) mass is 1090 g/mol. The first-order chi connectivity index (χ1) is 42.6. The smallest absolute Gasteiger partial charge is 0.164 e. The molecular weight excluding hydrogens is 1040 g/mol. The fourth-order valence-corrected chi connectivity index (χ4v) is 14.9. The van der Waals surface area contributed by atoms with E-state index in [9.17, 15) is 0 Å². The molecule has 0 N–H and O–H groups in total. The van der Waals surface area contributed by atoms with Gasteiger partial charge in [-0.25, -0.2) is 29.9 Å². The van der Waals surface area contributed by atoms with Crippen LogP contribution in [0, 0.1) is 0 Å². The summed E-state index contributed by atoms with van der Waals surface area (Å²) in [7, 11) is 0. The maximum Gasteiger partial charge on any atom is 0.164 e. The summed E-state index contributed by atoms with van der Waals surface area (Å²) in [4.78, 5) is 31.8. The van der Waals surface area contributed by atoms with Crippen LogP contribution in [-0.4, -0.2) is 29.9 Å². The molecule has 0 bridgehead atoms. The van der Waals surface area contributed by atoms with E-state index < -0.39 is 10.8 Å². The highest BCUT2D eigenvalue weighted by Crippen LogP contribution is 2.65. The van der Waals surface area contributed by atoms with E-state index in [0.29, 0.717) is 34.9 Å². The van der Waals surface area contributed by atoms with E-state index in [2.05, 4.69) is 255 Å². The maximum absolute atomic E-state index is 5.40. The maximum atomic E-state index is 5.40. The third kappa shape index (κ3) is 6.83. The van der Waals surface area contributed by atoms with Crippen LogP contribution in [0.3, 0.4) is 0 Å². The molecule has 0 saturated carbocycles. The van der Waals surface area contributed by atoms with Crippen molar-refractivity contribution < 1.29 is 0 Å².